The molecule has 6 nitrogen and oxygen atoms in total. The van der Waals surface area contributed by atoms with Gasteiger partial charge in [0.1, 0.15) is 13.2 Å². The van der Waals surface area contributed by atoms with Gasteiger partial charge in [0.2, 0.25) is 0 Å². The fourth-order valence-corrected chi connectivity index (χ4v) is 8.22. The first kappa shape index (κ1) is 58.4. The third kappa shape index (κ3) is 47.5. The van der Waals surface area contributed by atoms with Crippen molar-refractivity contribution < 1.29 is 28.6 Å². The molecule has 0 spiro atoms. The molecule has 0 radical (unpaired) electrons. The lowest BCUT2D eigenvalue weighted by atomic mass is 10.0. The van der Waals surface area contributed by atoms with Gasteiger partial charge in [-0.1, -0.05) is 265 Å². The lowest BCUT2D eigenvalue weighted by Gasteiger charge is -2.18. The van der Waals surface area contributed by atoms with Crippen LogP contribution in [-0.4, -0.2) is 37.2 Å². The lowest BCUT2D eigenvalue weighted by molar-refractivity contribution is -0.167. The Morgan fingerprint density at radius 1 is 0.317 bits per heavy atom. The van der Waals surface area contributed by atoms with Crippen molar-refractivity contribution in [3.63, 3.8) is 0 Å². The molecule has 1 atom stereocenters. The number of hydrogen-bond acceptors (Lipinski definition) is 6. The second-order valence-corrected chi connectivity index (χ2v) is 19.0. The number of rotatable bonds is 49. The Balaban J connectivity index is 4.23. The molecule has 60 heavy (non-hydrogen) atoms. The minimum absolute atomic E-state index is 0.0623. The standard InChI is InChI=1S/C54H104O6/c1-5-7-9-11-13-15-17-22-27-31-35-39-43-47-54(57)60-51(48-58-52(55)45-41-37-33-29-16-14-12-10-8-6-2)49-59-53(56)46-42-38-34-30-26-24-21-19-18-20-23-25-28-32-36-40-44-50(3)4/h50-51H,5-49H2,1-4H3/t51-/m1/s1. The number of esters is 3. The fraction of sp³-hybridized carbons (Fsp3) is 0.944. The average molecular weight is 849 g/mol. The Labute approximate surface area is 374 Å². The van der Waals surface area contributed by atoms with Crippen LogP contribution in [0.1, 0.15) is 304 Å². The smallest absolute Gasteiger partial charge is 0.306 e. The van der Waals surface area contributed by atoms with Gasteiger partial charge in [0.25, 0.3) is 0 Å². The van der Waals surface area contributed by atoms with Crippen LogP contribution in [0.25, 0.3) is 0 Å². The van der Waals surface area contributed by atoms with E-state index < -0.39 is 6.10 Å². The minimum Gasteiger partial charge on any atom is -0.462 e. The predicted octanol–water partition coefficient (Wildman–Crippen LogP) is 17.5. The Bertz CT molecular complexity index is 903. The molecule has 0 aromatic rings. The van der Waals surface area contributed by atoms with Crippen LogP contribution in [0.5, 0.6) is 0 Å². The Morgan fingerprint density at radius 3 is 0.817 bits per heavy atom. The quantitative estimate of drug-likeness (QED) is 0.0345. The van der Waals surface area contributed by atoms with Crippen molar-refractivity contribution in [3.8, 4) is 0 Å². The van der Waals surface area contributed by atoms with Crippen LogP contribution >= 0.6 is 0 Å². The molecule has 0 saturated carbocycles. The van der Waals surface area contributed by atoms with Gasteiger partial charge in [-0.15, -0.1) is 0 Å². The van der Waals surface area contributed by atoms with Crippen molar-refractivity contribution in [2.45, 2.75) is 310 Å². The van der Waals surface area contributed by atoms with E-state index in [9.17, 15) is 14.4 Å². The molecule has 0 rings (SSSR count). The van der Waals surface area contributed by atoms with Gasteiger partial charge >= 0.3 is 17.9 Å². The van der Waals surface area contributed by atoms with Crippen molar-refractivity contribution in [2.24, 2.45) is 5.92 Å². The maximum atomic E-state index is 12.8. The zero-order valence-electron chi connectivity index (χ0n) is 40.9. The number of ether oxygens (including phenoxy) is 3. The molecule has 0 N–H and O–H groups in total. The third-order valence-electron chi connectivity index (χ3n) is 12.3. The molecule has 0 aliphatic heterocycles. The molecular weight excluding hydrogens is 745 g/mol. The van der Waals surface area contributed by atoms with E-state index in [2.05, 4.69) is 27.7 Å². The maximum absolute atomic E-state index is 12.8. The molecule has 356 valence electrons. The number of hydrogen-bond donors (Lipinski definition) is 0. The zero-order valence-corrected chi connectivity index (χ0v) is 40.9. The van der Waals surface area contributed by atoms with Crippen LogP contribution in [-0.2, 0) is 28.6 Å². The van der Waals surface area contributed by atoms with Gasteiger partial charge in [0.05, 0.1) is 0 Å². The molecule has 0 aromatic heterocycles. The van der Waals surface area contributed by atoms with E-state index in [1.165, 1.54) is 199 Å². The van der Waals surface area contributed by atoms with Gasteiger partial charge < -0.3 is 14.2 Å². The van der Waals surface area contributed by atoms with Crippen LogP contribution in [0.3, 0.4) is 0 Å². The Kier molecular flexibility index (Phi) is 47.2. The van der Waals surface area contributed by atoms with Crippen molar-refractivity contribution in [1.29, 1.82) is 0 Å². The van der Waals surface area contributed by atoms with Gasteiger partial charge in [-0.2, -0.15) is 0 Å². The molecular formula is C54H104O6. The van der Waals surface area contributed by atoms with Crippen molar-refractivity contribution in [3.05, 3.63) is 0 Å². The van der Waals surface area contributed by atoms with E-state index in [0.29, 0.717) is 19.3 Å². The van der Waals surface area contributed by atoms with E-state index in [1.54, 1.807) is 0 Å². The molecule has 0 heterocycles. The molecule has 0 aliphatic carbocycles. The summed E-state index contributed by atoms with van der Waals surface area (Å²) in [5, 5.41) is 0. The summed E-state index contributed by atoms with van der Waals surface area (Å²) < 4.78 is 16.8. The summed E-state index contributed by atoms with van der Waals surface area (Å²) in [6.07, 6.45) is 50.9. The first-order valence-corrected chi connectivity index (χ1v) is 26.9. The Hall–Kier alpha value is -1.59. The predicted molar refractivity (Wildman–Crippen MR) is 257 cm³/mol. The zero-order chi connectivity index (χ0) is 43.8. The summed E-state index contributed by atoms with van der Waals surface area (Å²) in [6.45, 7) is 9.04. The highest BCUT2D eigenvalue weighted by Gasteiger charge is 2.19. The van der Waals surface area contributed by atoms with Crippen LogP contribution < -0.4 is 0 Å². The SMILES string of the molecule is CCCCCCCCCCCCCCCC(=O)O[C@H](COC(=O)CCCCCCCCCCCC)COC(=O)CCCCCCCCCCCCCCCCCCC(C)C. The van der Waals surface area contributed by atoms with E-state index in [0.717, 1.165) is 63.7 Å². The molecule has 0 aliphatic rings. The molecule has 0 fully saturated rings. The molecule has 6 heteroatoms. The number of carbonyl (C=O) groups is 3. The van der Waals surface area contributed by atoms with Crippen LogP contribution in [0.15, 0.2) is 0 Å². The first-order chi connectivity index (χ1) is 29.4. The van der Waals surface area contributed by atoms with Gasteiger partial charge in [-0.05, 0) is 25.2 Å². The highest BCUT2D eigenvalue weighted by Crippen LogP contribution is 2.17. The van der Waals surface area contributed by atoms with E-state index in [-0.39, 0.29) is 31.1 Å². The van der Waals surface area contributed by atoms with Crippen molar-refractivity contribution in [2.75, 3.05) is 13.2 Å². The Morgan fingerprint density at radius 2 is 0.550 bits per heavy atom. The fourth-order valence-electron chi connectivity index (χ4n) is 8.22. The molecule has 0 saturated heterocycles. The minimum atomic E-state index is -0.760. The van der Waals surface area contributed by atoms with E-state index in [4.69, 9.17) is 14.2 Å². The first-order valence-electron chi connectivity index (χ1n) is 26.9. The lowest BCUT2D eigenvalue weighted by Crippen LogP contribution is -2.30. The van der Waals surface area contributed by atoms with Gasteiger partial charge in [0, 0.05) is 19.3 Å². The van der Waals surface area contributed by atoms with E-state index >= 15 is 0 Å². The van der Waals surface area contributed by atoms with Crippen LogP contribution in [0.4, 0.5) is 0 Å². The van der Waals surface area contributed by atoms with Crippen LogP contribution in [0.2, 0.25) is 0 Å². The van der Waals surface area contributed by atoms with E-state index in [1.807, 2.05) is 0 Å². The normalized spacial score (nSPS) is 11.9. The van der Waals surface area contributed by atoms with Gasteiger partial charge in [-0.25, -0.2) is 0 Å². The summed E-state index contributed by atoms with van der Waals surface area (Å²) in [7, 11) is 0. The summed E-state index contributed by atoms with van der Waals surface area (Å²) in [6, 6.07) is 0. The molecule has 0 bridgehead atoms. The van der Waals surface area contributed by atoms with Gasteiger partial charge in [-0.3, -0.25) is 14.4 Å². The molecule has 0 aromatic carbocycles. The highest BCUT2D eigenvalue weighted by molar-refractivity contribution is 5.71. The molecule has 0 amide bonds. The van der Waals surface area contributed by atoms with Crippen molar-refractivity contribution in [1.82, 2.24) is 0 Å². The summed E-state index contributed by atoms with van der Waals surface area (Å²) in [5.74, 6) is 0.0102. The van der Waals surface area contributed by atoms with Crippen molar-refractivity contribution >= 4 is 17.9 Å². The maximum Gasteiger partial charge on any atom is 0.306 e. The summed E-state index contributed by atoms with van der Waals surface area (Å²) in [4.78, 5) is 37.9. The third-order valence-corrected chi connectivity index (χ3v) is 12.3. The molecule has 0 unspecified atom stereocenters. The summed E-state index contributed by atoms with van der Waals surface area (Å²) in [5.41, 5.74) is 0. The largest absolute Gasteiger partial charge is 0.462 e. The van der Waals surface area contributed by atoms with Crippen LogP contribution in [0, 0.1) is 5.92 Å². The number of carbonyl (C=O) groups excluding carboxylic acids is 3. The average Bonchev–Trinajstić information content (AvgIpc) is 3.23. The summed E-state index contributed by atoms with van der Waals surface area (Å²) >= 11 is 0. The monoisotopic (exact) mass is 849 g/mol. The number of unbranched alkanes of at least 4 members (excludes halogenated alkanes) is 36. The second-order valence-electron chi connectivity index (χ2n) is 19.0. The van der Waals surface area contributed by atoms with Gasteiger partial charge in [0.15, 0.2) is 6.10 Å². The highest BCUT2D eigenvalue weighted by atomic mass is 16.6. The topological polar surface area (TPSA) is 78.9 Å². The second kappa shape index (κ2) is 48.4.